The number of aromatic hydroxyl groups is 1. The van der Waals surface area contributed by atoms with Crippen molar-refractivity contribution in [2.24, 2.45) is 0 Å². The average Bonchev–Trinajstić information content (AvgIpc) is 2.52. The Labute approximate surface area is 136 Å². The highest BCUT2D eigenvalue weighted by molar-refractivity contribution is 6.02. The van der Waals surface area contributed by atoms with Crippen molar-refractivity contribution in [1.29, 1.82) is 0 Å². The van der Waals surface area contributed by atoms with Crippen LogP contribution in [0.5, 0.6) is 11.5 Å². The number of ether oxygens (including phenoxy) is 1. The summed E-state index contributed by atoms with van der Waals surface area (Å²) >= 11 is 0. The third-order valence-corrected chi connectivity index (χ3v) is 3.09. The van der Waals surface area contributed by atoms with Gasteiger partial charge in [0, 0.05) is 11.8 Å². The van der Waals surface area contributed by atoms with E-state index in [-0.39, 0.29) is 11.4 Å². The molecule has 0 radical (unpaired) electrons. The first-order valence-electron chi connectivity index (χ1n) is 6.83. The van der Waals surface area contributed by atoms with Gasteiger partial charge in [-0.1, -0.05) is 12.1 Å². The fourth-order valence-electron chi connectivity index (χ4n) is 1.94. The maximum atomic E-state index is 12.6. The van der Waals surface area contributed by atoms with Crippen LogP contribution in [0, 0.1) is 0 Å². The van der Waals surface area contributed by atoms with Crippen LogP contribution in [0.3, 0.4) is 0 Å². The molecule has 2 aromatic carbocycles. The van der Waals surface area contributed by atoms with E-state index in [0.29, 0.717) is 11.3 Å². The van der Waals surface area contributed by atoms with Gasteiger partial charge in [0.2, 0.25) is 5.91 Å². The van der Waals surface area contributed by atoms with E-state index in [0.717, 1.165) is 18.2 Å². The second kappa shape index (κ2) is 7.08. The summed E-state index contributed by atoms with van der Waals surface area (Å²) in [5.74, 6) is -0.386. The minimum atomic E-state index is -4.48. The van der Waals surface area contributed by atoms with E-state index in [1.54, 1.807) is 6.07 Å². The number of halogens is 3. The first-order chi connectivity index (χ1) is 11.3. The van der Waals surface area contributed by atoms with Crippen LogP contribution in [0.25, 0.3) is 6.08 Å². The SMILES string of the molecule is COc1ccc(C=CC(=O)Nc2cccc(C(F)(F)F)c2)cc1O. The molecular weight excluding hydrogens is 323 g/mol. The molecule has 0 aliphatic rings. The molecular formula is C17H14F3NO3. The zero-order valence-electron chi connectivity index (χ0n) is 12.6. The third-order valence-electron chi connectivity index (χ3n) is 3.09. The molecule has 0 spiro atoms. The molecule has 0 bridgehead atoms. The number of hydrogen-bond donors (Lipinski definition) is 2. The van der Waals surface area contributed by atoms with Gasteiger partial charge >= 0.3 is 6.18 Å². The number of alkyl halides is 3. The van der Waals surface area contributed by atoms with Crippen LogP contribution in [0.15, 0.2) is 48.5 Å². The minimum Gasteiger partial charge on any atom is -0.504 e. The molecule has 2 aromatic rings. The molecule has 0 atom stereocenters. The number of rotatable bonds is 4. The molecule has 2 N–H and O–H groups in total. The van der Waals surface area contributed by atoms with Crippen molar-refractivity contribution in [3.05, 3.63) is 59.7 Å². The Balaban J connectivity index is 2.07. The summed E-state index contributed by atoms with van der Waals surface area (Å²) in [4.78, 5) is 11.8. The van der Waals surface area contributed by atoms with Crippen LogP contribution in [0.1, 0.15) is 11.1 Å². The molecule has 0 heterocycles. The Morgan fingerprint density at radius 1 is 1.21 bits per heavy atom. The normalized spacial score (nSPS) is 11.5. The van der Waals surface area contributed by atoms with Crippen molar-refractivity contribution >= 4 is 17.7 Å². The number of amides is 1. The minimum absolute atomic E-state index is 0.0389. The predicted molar refractivity (Wildman–Crippen MR) is 83.8 cm³/mol. The lowest BCUT2D eigenvalue weighted by Gasteiger charge is -2.08. The van der Waals surface area contributed by atoms with Crippen molar-refractivity contribution in [1.82, 2.24) is 0 Å². The second-order valence-electron chi connectivity index (χ2n) is 4.83. The number of methoxy groups -OCH3 is 1. The molecule has 0 unspecified atom stereocenters. The fourth-order valence-corrected chi connectivity index (χ4v) is 1.94. The van der Waals surface area contributed by atoms with Gasteiger partial charge in [0.05, 0.1) is 12.7 Å². The van der Waals surface area contributed by atoms with Crippen LogP contribution < -0.4 is 10.1 Å². The summed E-state index contributed by atoms with van der Waals surface area (Å²) in [5.41, 5.74) is -0.270. The maximum absolute atomic E-state index is 12.6. The molecule has 0 aromatic heterocycles. The smallest absolute Gasteiger partial charge is 0.416 e. The summed E-state index contributed by atoms with van der Waals surface area (Å²) in [6.07, 6.45) is -1.90. The van der Waals surface area contributed by atoms with Crippen LogP contribution in [-0.4, -0.2) is 18.1 Å². The summed E-state index contributed by atoms with van der Waals surface area (Å²) < 4.78 is 42.7. The third kappa shape index (κ3) is 4.52. The lowest BCUT2D eigenvalue weighted by molar-refractivity contribution is -0.137. The van der Waals surface area contributed by atoms with Crippen molar-refractivity contribution in [2.45, 2.75) is 6.18 Å². The largest absolute Gasteiger partial charge is 0.504 e. The highest BCUT2D eigenvalue weighted by Gasteiger charge is 2.30. The van der Waals surface area contributed by atoms with E-state index in [1.807, 2.05) is 0 Å². The monoisotopic (exact) mass is 337 g/mol. The van der Waals surface area contributed by atoms with Gasteiger partial charge < -0.3 is 15.2 Å². The second-order valence-corrected chi connectivity index (χ2v) is 4.83. The summed E-state index contributed by atoms with van der Waals surface area (Å²) in [7, 11) is 1.41. The van der Waals surface area contributed by atoms with Gasteiger partial charge in [0.25, 0.3) is 0 Å². The van der Waals surface area contributed by atoms with Gasteiger partial charge in [-0.2, -0.15) is 13.2 Å². The van der Waals surface area contributed by atoms with Crippen LogP contribution in [0.4, 0.5) is 18.9 Å². The maximum Gasteiger partial charge on any atom is 0.416 e. The number of carbonyl (C=O) groups excluding carboxylic acids is 1. The van der Waals surface area contributed by atoms with Crippen molar-refractivity contribution in [3.8, 4) is 11.5 Å². The van der Waals surface area contributed by atoms with E-state index < -0.39 is 17.6 Å². The lowest BCUT2D eigenvalue weighted by Crippen LogP contribution is -2.10. The molecule has 7 heteroatoms. The summed E-state index contributed by atoms with van der Waals surface area (Å²) in [5, 5.41) is 12.0. The van der Waals surface area contributed by atoms with Gasteiger partial charge in [-0.05, 0) is 42.0 Å². The molecule has 1 amide bonds. The number of anilines is 1. The van der Waals surface area contributed by atoms with Crippen LogP contribution in [-0.2, 0) is 11.0 Å². The molecule has 2 rings (SSSR count). The molecule has 0 aliphatic carbocycles. The van der Waals surface area contributed by atoms with Crippen molar-refractivity contribution in [2.75, 3.05) is 12.4 Å². The number of benzene rings is 2. The standard InChI is InChI=1S/C17H14F3NO3/c1-24-15-7-5-11(9-14(15)22)6-8-16(23)21-13-4-2-3-12(10-13)17(18,19)20/h2-10,22H,1H3,(H,21,23). The molecule has 0 saturated carbocycles. The van der Waals surface area contributed by atoms with E-state index in [2.05, 4.69) is 5.32 Å². The molecule has 4 nitrogen and oxygen atoms in total. The molecule has 126 valence electrons. The predicted octanol–water partition coefficient (Wildman–Crippen LogP) is 4.07. The Hall–Kier alpha value is -2.96. The van der Waals surface area contributed by atoms with Gasteiger partial charge in [-0.15, -0.1) is 0 Å². The zero-order chi connectivity index (χ0) is 17.7. The Morgan fingerprint density at radius 3 is 2.58 bits per heavy atom. The van der Waals surface area contributed by atoms with Gasteiger partial charge in [0.1, 0.15) is 0 Å². The topological polar surface area (TPSA) is 58.6 Å². The Bertz CT molecular complexity index is 770. The number of phenolic OH excluding ortho intramolecular Hbond substituents is 1. The van der Waals surface area contributed by atoms with E-state index in [9.17, 15) is 23.1 Å². The fraction of sp³-hybridized carbons (Fsp3) is 0.118. The highest BCUT2D eigenvalue weighted by atomic mass is 19.4. The lowest BCUT2D eigenvalue weighted by atomic mass is 10.1. The number of hydrogen-bond acceptors (Lipinski definition) is 3. The van der Waals surface area contributed by atoms with Crippen LogP contribution >= 0.6 is 0 Å². The molecule has 0 saturated heterocycles. The van der Waals surface area contributed by atoms with Crippen LogP contribution in [0.2, 0.25) is 0 Å². The Kier molecular flexibility index (Phi) is 5.13. The van der Waals surface area contributed by atoms with E-state index >= 15 is 0 Å². The van der Waals surface area contributed by atoms with Gasteiger partial charge in [-0.3, -0.25) is 4.79 Å². The quantitative estimate of drug-likeness (QED) is 0.827. The van der Waals surface area contributed by atoms with Gasteiger partial charge in [-0.25, -0.2) is 0 Å². The zero-order valence-corrected chi connectivity index (χ0v) is 12.6. The first kappa shape index (κ1) is 17.4. The van der Waals surface area contributed by atoms with Crippen molar-refractivity contribution in [3.63, 3.8) is 0 Å². The van der Waals surface area contributed by atoms with Crippen molar-refractivity contribution < 1.29 is 27.8 Å². The molecule has 0 fully saturated rings. The number of phenols is 1. The summed E-state index contributed by atoms with van der Waals surface area (Å²) in [6, 6.07) is 8.89. The first-order valence-corrected chi connectivity index (χ1v) is 6.83. The summed E-state index contributed by atoms with van der Waals surface area (Å²) in [6.45, 7) is 0. The number of carbonyl (C=O) groups is 1. The van der Waals surface area contributed by atoms with E-state index in [4.69, 9.17) is 4.74 Å². The number of nitrogens with one attached hydrogen (secondary N) is 1. The van der Waals surface area contributed by atoms with E-state index in [1.165, 1.54) is 37.5 Å². The molecule has 0 aliphatic heterocycles. The Morgan fingerprint density at radius 2 is 1.96 bits per heavy atom. The average molecular weight is 337 g/mol. The van der Waals surface area contributed by atoms with Gasteiger partial charge in [0.15, 0.2) is 11.5 Å². The highest BCUT2D eigenvalue weighted by Crippen LogP contribution is 2.30. The molecule has 24 heavy (non-hydrogen) atoms.